The van der Waals surface area contributed by atoms with E-state index in [4.69, 9.17) is 16.0 Å². The molecule has 1 heterocycles. The summed E-state index contributed by atoms with van der Waals surface area (Å²) in [6.45, 7) is 0. The van der Waals surface area contributed by atoms with Crippen molar-refractivity contribution >= 4 is 29.3 Å². The summed E-state index contributed by atoms with van der Waals surface area (Å²) in [7, 11) is 0. The number of nitriles is 1. The molecule has 0 bridgehead atoms. The van der Waals surface area contributed by atoms with Gasteiger partial charge in [-0.1, -0.05) is 17.7 Å². The van der Waals surface area contributed by atoms with E-state index in [-0.39, 0.29) is 27.8 Å². The summed E-state index contributed by atoms with van der Waals surface area (Å²) in [6, 6.07) is 10.7. The Labute approximate surface area is 187 Å². The fraction of sp³-hybridized carbons (Fsp3) is 0.0909. The topological polar surface area (TPSA) is 66.0 Å². The summed E-state index contributed by atoms with van der Waals surface area (Å²) >= 11 is 5.97. The minimum absolute atomic E-state index is 0.0179. The van der Waals surface area contributed by atoms with E-state index >= 15 is 0 Å². The fourth-order valence-corrected chi connectivity index (χ4v) is 2.94. The standard InChI is InChI=1S/C22H11ClF6N2O2/c23-18-6-4-14(22(27,28)29)10-17(18)19-7-5-16(33-19)8-12(11-30)20(32)31-15-3-1-2-13(9-15)21(24,25)26/h1-10H,(H,31,32). The molecule has 0 aliphatic rings. The number of anilines is 1. The molecule has 33 heavy (non-hydrogen) atoms. The third-order valence-electron chi connectivity index (χ3n) is 4.29. The Morgan fingerprint density at radius 3 is 2.27 bits per heavy atom. The molecule has 3 rings (SSSR count). The van der Waals surface area contributed by atoms with E-state index in [1.165, 1.54) is 18.2 Å². The lowest BCUT2D eigenvalue weighted by atomic mass is 10.1. The first kappa shape index (κ1) is 23.9. The van der Waals surface area contributed by atoms with Gasteiger partial charge in [-0.15, -0.1) is 0 Å². The summed E-state index contributed by atoms with van der Waals surface area (Å²) in [5.74, 6) is -1.12. The van der Waals surface area contributed by atoms with Crippen molar-refractivity contribution in [3.63, 3.8) is 0 Å². The summed E-state index contributed by atoms with van der Waals surface area (Å²) < 4.78 is 82.8. The first-order valence-corrected chi connectivity index (χ1v) is 9.33. The van der Waals surface area contributed by atoms with Crippen molar-refractivity contribution in [1.29, 1.82) is 5.26 Å². The molecule has 0 radical (unpaired) electrons. The van der Waals surface area contributed by atoms with Gasteiger partial charge in [-0.3, -0.25) is 4.79 Å². The second-order valence-electron chi connectivity index (χ2n) is 6.60. The SMILES string of the molecule is N#CC(=Cc1ccc(-c2cc(C(F)(F)F)ccc2Cl)o1)C(=O)Nc1cccc(C(F)(F)F)c1. The van der Waals surface area contributed by atoms with Crippen molar-refractivity contribution in [1.82, 2.24) is 0 Å². The van der Waals surface area contributed by atoms with Gasteiger partial charge in [0.1, 0.15) is 23.2 Å². The van der Waals surface area contributed by atoms with Gasteiger partial charge in [-0.25, -0.2) is 0 Å². The highest BCUT2D eigenvalue weighted by Gasteiger charge is 2.32. The van der Waals surface area contributed by atoms with E-state index in [1.54, 1.807) is 6.07 Å². The van der Waals surface area contributed by atoms with Gasteiger partial charge in [-0.05, 0) is 48.5 Å². The van der Waals surface area contributed by atoms with Crippen LogP contribution in [-0.2, 0) is 17.1 Å². The molecule has 0 aliphatic carbocycles. The average Bonchev–Trinajstić information content (AvgIpc) is 3.19. The largest absolute Gasteiger partial charge is 0.457 e. The molecule has 0 aliphatic heterocycles. The second-order valence-corrected chi connectivity index (χ2v) is 7.00. The van der Waals surface area contributed by atoms with Crippen LogP contribution in [0.4, 0.5) is 32.0 Å². The number of amides is 1. The van der Waals surface area contributed by atoms with Gasteiger partial charge < -0.3 is 9.73 Å². The van der Waals surface area contributed by atoms with Crippen molar-refractivity contribution in [2.75, 3.05) is 5.32 Å². The first-order chi connectivity index (χ1) is 15.4. The molecule has 0 spiro atoms. The number of alkyl halides is 6. The average molecular weight is 485 g/mol. The van der Waals surface area contributed by atoms with E-state index in [9.17, 15) is 36.4 Å². The third-order valence-corrected chi connectivity index (χ3v) is 4.61. The van der Waals surface area contributed by atoms with Crippen molar-refractivity contribution < 1.29 is 35.6 Å². The summed E-state index contributed by atoms with van der Waals surface area (Å²) in [5.41, 5.74) is -2.70. The fourth-order valence-electron chi connectivity index (χ4n) is 2.73. The zero-order valence-electron chi connectivity index (χ0n) is 16.2. The molecule has 11 heteroatoms. The highest BCUT2D eigenvalue weighted by atomic mass is 35.5. The van der Waals surface area contributed by atoms with E-state index in [1.807, 2.05) is 0 Å². The van der Waals surface area contributed by atoms with Crippen LogP contribution in [-0.4, -0.2) is 5.91 Å². The van der Waals surface area contributed by atoms with Crippen LogP contribution < -0.4 is 5.32 Å². The maximum absolute atomic E-state index is 13.0. The van der Waals surface area contributed by atoms with Crippen LogP contribution >= 0.6 is 11.6 Å². The molecule has 0 fully saturated rings. The van der Waals surface area contributed by atoms with E-state index in [0.29, 0.717) is 6.07 Å². The number of rotatable bonds is 4. The van der Waals surface area contributed by atoms with E-state index < -0.39 is 35.0 Å². The number of hydrogen-bond donors (Lipinski definition) is 1. The smallest absolute Gasteiger partial charge is 0.416 e. The van der Waals surface area contributed by atoms with Gasteiger partial charge in [0.25, 0.3) is 5.91 Å². The highest BCUT2D eigenvalue weighted by Crippen LogP contribution is 2.37. The Hall–Kier alpha value is -3.71. The minimum Gasteiger partial charge on any atom is -0.457 e. The van der Waals surface area contributed by atoms with Gasteiger partial charge in [0.15, 0.2) is 0 Å². The number of halogens is 7. The molecule has 1 aromatic heterocycles. The monoisotopic (exact) mass is 484 g/mol. The van der Waals surface area contributed by atoms with Crippen LogP contribution in [0.2, 0.25) is 5.02 Å². The number of nitrogens with zero attached hydrogens (tertiary/aromatic N) is 1. The Balaban J connectivity index is 1.85. The normalized spacial score (nSPS) is 12.4. The Morgan fingerprint density at radius 2 is 1.64 bits per heavy atom. The molecule has 170 valence electrons. The maximum Gasteiger partial charge on any atom is 0.416 e. The molecule has 4 nitrogen and oxygen atoms in total. The Morgan fingerprint density at radius 1 is 0.970 bits per heavy atom. The van der Waals surface area contributed by atoms with Gasteiger partial charge in [0.2, 0.25) is 0 Å². The van der Waals surface area contributed by atoms with Gasteiger partial charge in [0.05, 0.1) is 16.1 Å². The van der Waals surface area contributed by atoms with Crippen LogP contribution in [0.15, 0.2) is 64.6 Å². The summed E-state index contributed by atoms with van der Waals surface area (Å²) in [5, 5.41) is 11.4. The Kier molecular flexibility index (Phi) is 6.56. The van der Waals surface area contributed by atoms with Crippen molar-refractivity contribution in [3.05, 3.63) is 82.1 Å². The summed E-state index contributed by atoms with van der Waals surface area (Å²) in [6.07, 6.45) is -8.23. The second kappa shape index (κ2) is 9.03. The summed E-state index contributed by atoms with van der Waals surface area (Å²) in [4.78, 5) is 12.3. The zero-order valence-corrected chi connectivity index (χ0v) is 16.9. The molecule has 1 amide bonds. The van der Waals surface area contributed by atoms with E-state index in [0.717, 1.165) is 36.4 Å². The van der Waals surface area contributed by atoms with Crippen molar-refractivity contribution in [2.24, 2.45) is 0 Å². The van der Waals surface area contributed by atoms with E-state index in [2.05, 4.69) is 5.32 Å². The zero-order chi connectivity index (χ0) is 24.4. The molecular weight excluding hydrogens is 474 g/mol. The molecule has 0 atom stereocenters. The predicted molar refractivity (Wildman–Crippen MR) is 108 cm³/mol. The Bertz CT molecular complexity index is 1270. The van der Waals surface area contributed by atoms with Crippen LogP contribution in [0.3, 0.4) is 0 Å². The van der Waals surface area contributed by atoms with Crippen molar-refractivity contribution in [2.45, 2.75) is 12.4 Å². The number of carbonyl (C=O) groups excluding carboxylic acids is 1. The molecule has 2 aromatic carbocycles. The molecular formula is C22H11ClF6N2O2. The number of nitrogens with one attached hydrogen (secondary N) is 1. The maximum atomic E-state index is 13.0. The number of furan rings is 1. The number of hydrogen-bond acceptors (Lipinski definition) is 3. The predicted octanol–water partition coefficient (Wildman–Crippen LogP) is 7.18. The molecule has 3 aromatic rings. The molecule has 0 unspecified atom stereocenters. The molecule has 0 saturated heterocycles. The lowest BCUT2D eigenvalue weighted by Gasteiger charge is -2.09. The highest BCUT2D eigenvalue weighted by molar-refractivity contribution is 6.33. The molecule has 0 saturated carbocycles. The van der Waals surface area contributed by atoms with Crippen LogP contribution in [0.1, 0.15) is 16.9 Å². The third kappa shape index (κ3) is 5.75. The van der Waals surface area contributed by atoms with Gasteiger partial charge in [-0.2, -0.15) is 31.6 Å². The first-order valence-electron chi connectivity index (χ1n) is 8.96. The van der Waals surface area contributed by atoms with Crippen LogP contribution in [0.25, 0.3) is 17.4 Å². The lowest BCUT2D eigenvalue weighted by Crippen LogP contribution is -2.14. The minimum atomic E-state index is -4.62. The van der Waals surface area contributed by atoms with Gasteiger partial charge in [0, 0.05) is 17.3 Å². The van der Waals surface area contributed by atoms with Crippen LogP contribution in [0, 0.1) is 11.3 Å². The molecule has 1 N–H and O–H groups in total. The lowest BCUT2D eigenvalue weighted by molar-refractivity contribution is -0.138. The quantitative estimate of drug-likeness (QED) is 0.242. The van der Waals surface area contributed by atoms with Crippen molar-refractivity contribution in [3.8, 4) is 17.4 Å². The number of carbonyl (C=O) groups is 1. The number of benzene rings is 2. The van der Waals surface area contributed by atoms with Gasteiger partial charge >= 0.3 is 12.4 Å². The van der Waals surface area contributed by atoms with Crippen LogP contribution in [0.5, 0.6) is 0 Å².